The van der Waals surface area contributed by atoms with E-state index in [9.17, 15) is 9.59 Å². The minimum atomic E-state index is -1.01. The molecule has 2 aromatic carbocycles. The van der Waals surface area contributed by atoms with Crippen LogP contribution in [0.1, 0.15) is 21.5 Å². The maximum absolute atomic E-state index is 12.0. The molecule has 0 heterocycles. The Morgan fingerprint density at radius 2 is 1.29 bits per heavy atom. The lowest BCUT2D eigenvalue weighted by atomic mass is 10.0. The third-order valence-electron chi connectivity index (χ3n) is 2.87. The first-order chi connectivity index (χ1) is 10.2. The number of benzene rings is 2. The topological polar surface area (TPSA) is 54.4 Å². The Kier molecular flexibility index (Phi) is 4.83. The molecule has 2 rings (SSSR count). The zero-order valence-electron chi connectivity index (χ0n) is 11.3. The van der Waals surface area contributed by atoms with Crippen LogP contribution < -0.4 is 0 Å². The highest BCUT2D eigenvalue weighted by atomic mass is 16.4. The molecule has 2 aromatic rings. The Bertz CT molecular complexity index is 697. The van der Waals surface area contributed by atoms with Gasteiger partial charge in [-0.05, 0) is 23.3 Å². The lowest BCUT2D eigenvalue weighted by molar-refractivity contribution is -0.131. The van der Waals surface area contributed by atoms with Gasteiger partial charge in [-0.3, -0.25) is 4.79 Å². The molecule has 0 saturated heterocycles. The molecule has 0 aliphatic heterocycles. The first-order valence-electron chi connectivity index (χ1n) is 6.44. The molecule has 0 saturated carbocycles. The van der Waals surface area contributed by atoms with Crippen molar-refractivity contribution < 1.29 is 14.7 Å². The van der Waals surface area contributed by atoms with E-state index < -0.39 is 5.97 Å². The Morgan fingerprint density at radius 3 is 1.86 bits per heavy atom. The van der Waals surface area contributed by atoms with E-state index >= 15 is 0 Å². The maximum atomic E-state index is 12.0. The number of carbonyl (C=O) groups excluding carboxylic acids is 1. The summed E-state index contributed by atoms with van der Waals surface area (Å²) in [5, 5.41) is 8.67. The van der Waals surface area contributed by atoms with Crippen LogP contribution >= 0.6 is 0 Å². The van der Waals surface area contributed by atoms with Gasteiger partial charge in [-0.15, -0.1) is 0 Å². The van der Waals surface area contributed by atoms with E-state index in [1.54, 1.807) is 24.3 Å². The third kappa shape index (κ3) is 4.28. The molecule has 0 amide bonds. The highest BCUT2D eigenvalue weighted by molar-refractivity contribution is 6.07. The normalized spacial score (nSPS) is 11.0. The number of hydrogen-bond donors (Lipinski definition) is 1. The zero-order chi connectivity index (χ0) is 15.1. The summed E-state index contributed by atoms with van der Waals surface area (Å²) in [6.07, 6.45) is 5.76. The number of allylic oxidation sites excluding steroid dienone is 1. The molecule has 3 heteroatoms. The van der Waals surface area contributed by atoms with Gasteiger partial charge < -0.3 is 5.11 Å². The number of carboxylic acids is 1. The first kappa shape index (κ1) is 14.5. The molecule has 0 aliphatic rings. The van der Waals surface area contributed by atoms with E-state index in [1.807, 2.05) is 36.4 Å². The van der Waals surface area contributed by atoms with E-state index in [4.69, 9.17) is 5.11 Å². The van der Waals surface area contributed by atoms with Gasteiger partial charge in [-0.1, -0.05) is 60.7 Å². The number of carboxylic acid groups (broad SMARTS) is 1. The molecule has 0 atom stereocenters. The summed E-state index contributed by atoms with van der Waals surface area (Å²) in [6.45, 7) is 0. The van der Waals surface area contributed by atoms with Gasteiger partial charge >= 0.3 is 5.97 Å². The fourth-order valence-corrected chi connectivity index (χ4v) is 1.84. The number of carbonyl (C=O) groups is 2. The van der Waals surface area contributed by atoms with Crippen molar-refractivity contribution in [3.8, 4) is 0 Å². The lowest BCUT2D eigenvalue weighted by Gasteiger charge is -2.00. The van der Waals surface area contributed by atoms with Crippen LogP contribution in [0, 0.1) is 0 Å². The van der Waals surface area contributed by atoms with E-state index in [-0.39, 0.29) is 5.78 Å². The van der Waals surface area contributed by atoms with Gasteiger partial charge in [-0.2, -0.15) is 0 Å². The standard InChI is InChI=1S/C18H14O3/c19-17(16-8-2-1-3-9-16)12-10-14-6-4-5-7-15(14)11-13-18(20)21/h1-13H,(H,20,21). The number of hydrogen-bond acceptors (Lipinski definition) is 2. The monoisotopic (exact) mass is 278 g/mol. The van der Waals surface area contributed by atoms with Crippen LogP contribution in [0.3, 0.4) is 0 Å². The minimum Gasteiger partial charge on any atom is -0.478 e. The van der Waals surface area contributed by atoms with Gasteiger partial charge in [0, 0.05) is 11.6 Å². The second kappa shape index (κ2) is 7.01. The van der Waals surface area contributed by atoms with E-state index in [1.165, 1.54) is 12.2 Å². The Hall–Kier alpha value is -2.94. The largest absolute Gasteiger partial charge is 0.478 e. The van der Waals surface area contributed by atoms with Crippen molar-refractivity contribution in [2.75, 3.05) is 0 Å². The van der Waals surface area contributed by atoms with Gasteiger partial charge in [0.05, 0.1) is 0 Å². The fraction of sp³-hybridized carbons (Fsp3) is 0. The van der Waals surface area contributed by atoms with Crippen LogP contribution in [-0.2, 0) is 4.79 Å². The van der Waals surface area contributed by atoms with Gasteiger partial charge in [0.15, 0.2) is 5.78 Å². The summed E-state index contributed by atoms with van der Waals surface area (Å²) in [6, 6.07) is 16.3. The first-order valence-corrected chi connectivity index (χ1v) is 6.44. The highest BCUT2D eigenvalue weighted by Crippen LogP contribution is 2.13. The second-order valence-electron chi connectivity index (χ2n) is 4.36. The van der Waals surface area contributed by atoms with E-state index in [0.29, 0.717) is 5.56 Å². The SMILES string of the molecule is O=C(O)C=Cc1ccccc1C=CC(=O)c1ccccc1. The summed E-state index contributed by atoms with van der Waals surface area (Å²) in [5.41, 5.74) is 2.16. The Balaban J connectivity index is 2.21. The van der Waals surface area contributed by atoms with Crippen LogP contribution in [0.5, 0.6) is 0 Å². The van der Waals surface area contributed by atoms with Crippen molar-refractivity contribution in [2.45, 2.75) is 0 Å². The molecular weight excluding hydrogens is 264 g/mol. The lowest BCUT2D eigenvalue weighted by Crippen LogP contribution is -1.93. The van der Waals surface area contributed by atoms with Crippen LogP contribution in [0.25, 0.3) is 12.2 Å². The quantitative estimate of drug-likeness (QED) is 0.670. The Morgan fingerprint density at radius 1 is 0.762 bits per heavy atom. The zero-order valence-corrected chi connectivity index (χ0v) is 11.3. The summed E-state index contributed by atoms with van der Waals surface area (Å²) in [5.74, 6) is -1.10. The van der Waals surface area contributed by atoms with Crippen LogP contribution in [-0.4, -0.2) is 16.9 Å². The number of ketones is 1. The predicted molar refractivity (Wildman–Crippen MR) is 82.9 cm³/mol. The number of aliphatic carboxylic acids is 1. The molecule has 0 fully saturated rings. The van der Waals surface area contributed by atoms with Crippen molar-refractivity contribution in [1.82, 2.24) is 0 Å². The smallest absolute Gasteiger partial charge is 0.328 e. The molecule has 3 nitrogen and oxygen atoms in total. The summed E-state index contributed by atoms with van der Waals surface area (Å²) >= 11 is 0. The van der Waals surface area contributed by atoms with Gasteiger partial charge in [0.25, 0.3) is 0 Å². The Labute approximate surface area is 122 Å². The third-order valence-corrected chi connectivity index (χ3v) is 2.87. The molecule has 21 heavy (non-hydrogen) atoms. The molecule has 1 N–H and O–H groups in total. The highest BCUT2D eigenvalue weighted by Gasteiger charge is 2.01. The van der Waals surface area contributed by atoms with Crippen molar-refractivity contribution in [1.29, 1.82) is 0 Å². The van der Waals surface area contributed by atoms with Gasteiger partial charge in [0.1, 0.15) is 0 Å². The molecule has 0 unspecified atom stereocenters. The second-order valence-corrected chi connectivity index (χ2v) is 4.36. The molecule has 0 aromatic heterocycles. The van der Waals surface area contributed by atoms with Crippen molar-refractivity contribution in [3.05, 3.63) is 83.4 Å². The fourth-order valence-electron chi connectivity index (χ4n) is 1.84. The molecule has 0 aliphatic carbocycles. The summed E-state index contributed by atoms with van der Waals surface area (Å²) in [7, 11) is 0. The average Bonchev–Trinajstić information content (AvgIpc) is 2.52. The van der Waals surface area contributed by atoms with Crippen molar-refractivity contribution in [2.24, 2.45) is 0 Å². The molecular formula is C18H14O3. The molecule has 0 radical (unpaired) electrons. The predicted octanol–water partition coefficient (Wildman–Crippen LogP) is 3.68. The van der Waals surface area contributed by atoms with Crippen molar-refractivity contribution >= 4 is 23.9 Å². The molecule has 0 bridgehead atoms. The average molecular weight is 278 g/mol. The summed E-state index contributed by atoms with van der Waals surface area (Å²) < 4.78 is 0. The van der Waals surface area contributed by atoms with Gasteiger partial charge in [-0.25, -0.2) is 4.79 Å². The van der Waals surface area contributed by atoms with Crippen molar-refractivity contribution in [3.63, 3.8) is 0 Å². The van der Waals surface area contributed by atoms with E-state index in [2.05, 4.69) is 0 Å². The van der Waals surface area contributed by atoms with Crippen LogP contribution in [0.15, 0.2) is 66.7 Å². The van der Waals surface area contributed by atoms with Crippen LogP contribution in [0.2, 0.25) is 0 Å². The minimum absolute atomic E-state index is 0.0902. The molecule has 104 valence electrons. The van der Waals surface area contributed by atoms with E-state index in [0.717, 1.165) is 17.2 Å². The maximum Gasteiger partial charge on any atom is 0.328 e. The summed E-state index contributed by atoms with van der Waals surface area (Å²) in [4.78, 5) is 22.6. The number of rotatable bonds is 5. The van der Waals surface area contributed by atoms with Crippen LogP contribution in [0.4, 0.5) is 0 Å². The van der Waals surface area contributed by atoms with Gasteiger partial charge in [0.2, 0.25) is 0 Å². The molecule has 0 spiro atoms.